The predicted molar refractivity (Wildman–Crippen MR) is 52.9 cm³/mol. The Morgan fingerprint density at radius 1 is 1.29 bits per heavy atom. The van der Waals surface area contributed by atoms with Crippen LogP contribution in [0.4, 0.5) is 13.2 Å². The number of nitrogens with zero attached hydrogens (tertiary/aromatic N) is 1. The summed E-state index contributed by atoms with van der Waals surface area (Å²) in [7, 11) is -3.75. The van der Waals surface area contributed by atoms with Gasteiger partial charge in [-0.15, -0.1) is 0 Å². The third kappa shape index (κ3) is 4.41. The molecule has 9 heteroatoms. The van der Waals surface area contributed by atoms with Gasteiger partial charge in [-0.05, 0) is 6.42 Å². The molecule has 0 radical (unpaired) electrons. The molecule has 1 N–H and O–H groups in total. The van der Waals surface area contributed by atoms with Gasteiger partial charge in [0.15, 0.2) is 6.10 Å². The van der Waals surface area contributed by atoms with Gasteiger partial charge < -0.3 is 9.84 Å². The predicted octanol–water partition coefficient (Wildman–Crippen LogP) is -0.0383. The molecule has 1 atom stereocenters. The van der Waals surface area contributed by atoms with E-state index in [9.17, 15) is 21.6 Å². The van der Waals surface area contributed by atoms with E-state index in [1.54, 1.807) is 0 Å². The first-order valence-electron chi connectivity index (χ1n) is 5.04. The zero-order valence-corrected chi connectivity index (χ0v) is 9.80. The molecule has 1 saturated heterocycles. The Labute approximate surface area is 97.2 Å². The standard InChI is InChI=1S/C8H14F3NO4S/c9-8(10,11)7(13)1-6-17(14,15)12-2-4-16-5-3-12/h7,13H,1-6H2. The maximum absolute atomic E-state index is 12.0. The molecule has 1 fully saturated rings. The van der Waals surface area contributed by atoms with E-state index in [4.69, 9.17) is 9.84 Å². The smallest absolute Gasteiger partial charge is 0.384 e. The van der Waals surface area contributed by atoms with Gasteiger partial charge in [-0.1, -0.05) is 0 Å². The Hall–Kier alpha value is -0.380. The second-order valence-corrected chi connectivity index (χ2v) is 5.76. The van der Waals surface area contributed by atoms with Crippen molar-refractivity contribution in [3.63, 3.8) is 0 Å². The van der Waals surface area contributed by atoms with Crippen LogP contribution in [-0.2, 0) is 14.8 Å². The number of halogens is 3. The molecule has 0 bridgehead atoms. The van der Waals surface area contributed by atoms with Gasteiger partial charge in [-0.2, -0.15) is 17.5 Å². The Morgan fingerprint density at radius 2 is 1.82 bits per heavy atom. The minimum Gasteiger partial charge on any atom is -0.384 e. The Morgan fingerprint density at radius 3 is 2.29 bits per heavy atom. The first-order chi connectivity index (χ1) is 7.73. The van der Waals surface area contributed by atoms with E-state index >= 15 is 0 Å². The minimum absolute atomic E-state index is 0.143. The van der Waals surface area contributed by atoms with E-state index in [1.807, 2.05) is 0 Å². The molecule has 17 heavy (non-hydrogen) atoms. The van der Waals surface area contributed by atoms with Crippen molar-refractivity contribution >= 4 is 10.0 Å². The maximum Gasteiger partial charge on any atom is 0.414 e. The number of aliphatic hydroxyl groups is 1. The summed E-state index contributed by atoms with van der Waals surface area (Å²) in [6, 6.07) is 0. The summed E-state index contributed by atoms with van der Waals surface area (Å²) in [6.07, 6.45) is -8.22. The number of hydrogen-bond donors (Lipinski definition) is 1. The average molecular weight is 277 g/mol. The fraction of sp³-hybridized carbons (Fsp3) is 1.00. The molecule has 0 aliphatic carbocycles. The normalized spacial score (nSPS) is 21.4. The van der Waals surface area contributed by atoms with Crippen molar-refractivity contribution < 1.29 is 31.4 Å². The van der Waals surface area contributed by atoms with Crippen LogP contribution in [0.3, 0.4) is 0 Å². The van der Waals surface area contributed by atoms with E-state index in [0.717, 1.165) is 4.31 Å². The van der Waals surface area contributed by atoms with Crippen LogP contribution in [0, 0.1) is 0 Å². The minimum atomic E-state index is -4.78. The van der Waals surface area contributed by atoms with Gasteiger partial charge >= 0.3 is 6.18 Å². The summed E-state index contributed by atoms with van der Waals surface area (Å²) in [6.45, 7) is 0.761. The van der Waals surface area contributed by atoms with Crippen LogP contribution in [0.5, 0.6) is 0 Å². The van der Waals surface area contributed by atoms with Crippen molar-refractivity contribution in [2.24, 2.45) is 0 Å². The zero-order chi connectivity index (χ0) is 13.1. The lowest BCUT2D eigenvalue weighted by Gasteiger charge is -2.26. The van der Waals surface area contributed by atoms with Crippen molar-refractivity contribution in [2.45, 2.75) is 18.7 Å². The molecule has 1 aliphatic rings. The fourth-order valence-corrected chi connectivity index (χ4v) is 2.86. The van der Waals surface area contributed by atoms with E-state index in [0.29, 0.717) is 0 Å². The van der Waals surface area contributed by atoms with Gasteiger partial charge in [-0.25, -0.2) is 8.42 Å². The SMILES string of the molecule is O=S(=O)(CCC(O)C(F)(F)F)N1CCOCC1. The Kier molecular flexibility index (Phi) is 4.76. The third-order valence-corrected chi connectivity index (χ3v) is 4.29. The first-order valence-corrected chi connectivity index (χ1v) is 6.65. The third-order valence-electron chi connectivity index (χ3n) is 2.39. The highest BCUT2D eigenvalue weighted by molar-refractivity contribution is 7.89. The molecule has 0 amide bonds. The highest BCUT2D eigenvalue weighted by Crippen LogP contribution is 2.23. The Balaban J connectivity index is 2.49. The molecule has 1 heterocycles. The summed E-state index contributed by atoms with van der Waals surface area (Å²) in [4.78, 5) is 0. The van der Waals surface area contributed by atoms with Crippen LogP contribution < -0.4 is 0 Å². The summed E-state index contributed by atoms with van der Waals surface area (Å²) >= 11 is 0. The molecule has 1 unspecified atom stereocenters. The number of aliphatic hydroxyl groups excluding tert-OH is 1. The van der Waals surface area contributed by atoms with E-state index in [-0.39, 0.29) is 26.3 Å². The van der Waals surface area contributed by atoms with Crippen LogP contribution >= 0.6 is 0 Å². The van der Waals surface area contributed by atoms with Crippen LogP contribution in [-0.4, -0.2) is 62.2 Å². The van der Waals surface area contributed by atoms with Gasteiger partial charge in [0.25, 0.3) is 0 Å². The molecule has 0 saturated carbocycles. The van der Waals surface area contributed by atoms with Gasteiger partial charge in [0.2, 0.25) is 10.0 Å². The van der Waals surface area contributed by atoms with Gasteiger partial charge in [0, 0.05) is 13.1 Å². The van der Waals surface area contributed by atoms with Crippen LogP contribution in [0.15, 0.2) is 0 Å². The van der Waals surface area contributed by atoms with Crippen molar-refractivity contribution in [1.82, 2.24) is 4.31 Å². The molecule has 102 valence electrons. The van der Waals surface area contributed by atoms with Crippen LogP contribution in [0.2, 0.25) is 0 Å². The molecule has 0 aromatic heterocycles. The zero-order valence-electron chi connectivity index (χ0n) is 8.98. The lowest BCUT2D eigenvalue weighted by atomic mass is 10.3. The Bertz CT molecular complexity index is 337. The van der Waals surface area contributed by atoms with Gasteiger partial charge in [-0.3, -0.25) is 0 Å². The number of alkyl halides is 3. The number of rotatable bonds is 4. The topological polar surface area (TPSA) is 66.8 Å². The quantitative estimate of drug-likeness (QED) is 0.783. The summed E-state index contributed by atoms with van der Waals surface area (Å²) in [5.41, 5.74) is 0. The largest absolute Gasteiger partial charge is 0.414 e. The average Bonchev–Trinajstić information content (AvgIpc) is 2.26. The van der Waals surface area contributed by atoms with E-state index in [1.165, 1.54) is 0 Å². The number of morpholine rings is 1. The lowest BCUT2D eigenvalue weighted by Crippen LogP contribution is -2.43. The number of ether oxygens (including phenoxy) is 1. The van der Waals surface area contributed by atoms with Gasteiger partial charge in [0.1, 0.15) is 0 Å². The van der Waals surface area contributed by atoms with Crippen molar-refractivity contribution in [2.75, 3.05) is 32.1 Å². The summed E-state index contributed by atoms with van der Waals surface area (Å²) in [5, 5.41) is 8.71. The maximum atomic E-state index is 12.0. The highest BCUT2D eigenvalue weighted by atomic mass is 32.2. The molecule has 0 aromatic carbocycles. The van der Waals surface area contributed by atoms with Crippen molar-refractivity contribution in [3.8, 4) is 0 Å². The molecule has 5 nitrogen and oxygen atoms in total. The molecule has 1 rings (SSSR count). The highest BCUT2D eigenvalue weighted by Gasteiger charge is 2.39. The monoisotopic (exact) mass is 277 g/mol. The summed E-state index contributed by atoms with van der Waals surface area (Å²) in [5.74, 6) is -0.715. The van der Waals surface area contributed by atoms with E-state index in [2.05, 4.69) is 0 Å². The molecule has 0 aromatic rings. The first kappa shape index (κ1) is 14.7. The molecular weight excluding hydrogens is 263 g/mol. The summed E-state index contributed by atoms with van der Waals surface area (Å²) < 4.78 is 65.2. The van der Waals surface area contributed by atoms with Gasteiger partial charge in [0.05, 0.1) is 19.0 Å². The molecular formula is C8H14F3NO4S. The van der Waals surface area contributed by atoms with Crippen molar-refractivity contribution in [1.29, 1.82) is 0 Å². The second-order valence-electron chi connectivity index (χ2n) is 3.67. The molecule has 1 aliphatic heterocycles. The lowest BCUT2D eigenvalue weighted by molar-refractivity contribution is -0.203. The van der Waals surface area contributed by atoms with Crippen molar-refractivity contribution in [3.05, 3.63) is 0 Å². The van der Waals surface area contributed by atoms with Crippen LogP contribution in [0.1, 0.15) is 6.42 Å². The fourth-order valence-electron chi connectivity index (χ4n) is 1.38. The number of sulfonamides is 1. The van der Waals surface area contributed by atoms with E-state index < -0.39 is 34.5 Å². The van der Waals surface area contributed by atoms with Crippen LogP contribution in [0.25, 0.3) is 0 Å². The molecule has 0 spiro atoms. The second kappa shape index (κ2) is 5.51. The number of hydrogen-bond acceptors (Lipinski definition) is 4.